The molecule has 2 rings (SSSR count). The van der Waals surface area contributed by atoms with Crippen LogP contribution >= 0.6 is 0 Å². The van der Waals surface area contributed by atoms with E-state index in [1.165, 1.54) is 31.7 Å². The smallest absolute Gasteiger partial charge is 0.0948 e. The molecule has 2 heterocycles. The summed E-state index contributed by atoms with van der Waals surface area (Å²) in [7, 11) is 2.01. The number of hydrogen-bond donors (Lipinski definition) is 1. The zero-order valence-electron chi connectivity index (χ0n) is 12.1. The van der Waals surface area contributed by atoms with Crippen LogP contribution in [0, 0.1) is 5.92 Å². The van der Waals surface area contributed by atoms with Crippen LogP contribution in [-0.2, 0) is 12.1 Å². The molecular formula is C14H26N4. The number of hydrogen-bond acceptors (Lipinski definition) is 3. The van der Waals surface area contributed by atoms with Gasteiger partial charge < -0.3 is 14.8 Å². The van der Waals surface area contributed by atoms with Crippen LogP contribution in [0.15, 0.2) is 12.5 Å². The summed E-state index contributed by atoms with van der Waals surface area (Å²) < 4.78 is 2.32. The Morgan fingerprint density at radius 3 is 2.89 bits per heavy atom. The summed E-state index contributed by atoms with van der Waals surface area (Å²) in [6.07, 6.45) is 5.28. The lowest BCUT2D eigenvalue weighted by Crippen LogP contribution is -2.36. The summed E-state index contributed by atoms with van der Waals surface area (Å²) in [5.41, 5.74) is 1.26. The molecular weight excluding hydrogens is 224 g/mol. The predicted octanol–water partition coefficient (Wildman–Crippen LogP) is 1.68. The maximum absolute atomic E-state index is 4.33. The molecule has 1 aromatic rings. The van der Waals surface area contributed by atoms with E-state index in [4.69, 9.17) is 0 Å². The Morgan fingerprint density at radius 1 is 1.50 bits per heavy atom. The lowest BCUT2D eigenvalue weighted by Gasteiger charge is -2.26. The van der Waals surface area contributed by atoms with E-state index < -0.39 is 0 Å². The van der Waals surface area contributed by atoms with Crippen LogP contribution in [-0.4, -0.2) is 41.1 Å². The molecule has 1 aromatic heterocycles. The van der Waals surface area contributed by atoms with Crippen molar-refractivity contribution in [1.82, 2.24) is 19.8 Å². The number of aromatic nitrogens is 2. The fraction of sp³-hybridized carbons (Fsp3) is 0.786. The minimum atomic E-state index is -0.0143. The molecule has 0 aliphatic carbocycles. The van der Waals surface area contributed by atoms with E-state index in [1.807, 2.05) is 19.6 Å². The normalized spacial score (nSPS) is 21.7. The molecule has 1 fully saturated rings. The molecule has 0 aromatic carbocycles. The number of nitrogens with zero attached hydrogens (tertiary/aromatic N) is 3. The Hall–Kier alpha value is -0.870. The molecule has 102 valence electrons. The fourth-order valence-corrected chi connectivity index (χ4v) is 2.74. The van der Waals surface area contributed by atoms with Gasteiger partial charge in [0.15, 0.2) is 0 Å². The first-order valence-corrected chi connectivity index (χ1v) is 6.98. The fourth-order valence-electron chi connectivity index (χ4n) is 2.74. The largest absolute Gasteiger partial charge is 0.333 e. The van der Waals surface area contributed by atoms with Gasteiger partial charge in [-0.3, -0.25) is 0 Å². The van der Waals surface area contributed by atoms with E-state index in [9.17, 15) is 0 Å². The Kier molecular flexibility index (Phi) is 4.07. The molecule has 0 spiro atoms. The third-order valence-electron chi connectivity index (χ3n) is 4.25. The van der Waals surface area contributed by atoms with Crippen molar-refractivity contribution in [3.05, 3.63) is 18.2 Å². The van der Waals surface area contributed by atoms with Crippen molar-refractivity contribution in [1.29, 1.82) is 0 Å². The highest BCUT2D eigenvalue weighted by atomic mass is 15.2. The highest BCUT2D eigenvalue weighted by molar-refractivity contribution is 5.11. The minimum absolute atomic E-state index is 0.0143. The quantitative estimate of drug-likeness (QED) is 0.863. The van der Waals surface area contributed by atoms with Crippen LogP contribution in [0.25, 0.3) is 0 Å². The van der Waals surface area contributed by atoms with Crippen molar-refractivity contribution in [3.8, 4) is 0 Å². The number of imidazole rings is 1. The molecule has 0 radical (unpaired) electrons. The van der Waals surface area contributed by atoms with Crippen molar-refractivity contribution in [2.24, 2.45) is 5.92 Å². The SMILES string of the molecule is CCN1CCC(Cn2cncc2C(C)(C)NC)C1. The second kappa shape index (κ2) is 5.41. The topological polar surface area (TPSA) is 33.1 Å². The molecule has 1 aliphatic rings. The number of rotatable bonds is 5. The molecule has 1 aliphatic heterocycles. The van der Waals surface area contributed by atoms with Crippen LogP contribution in [0.5, 0.6) is 0 Å². The van der Waals surface area contributed by atoms with Crippen LogP contribution in [0.3, 0.4) is 0 Å². The van der Waals surface area contributed by atoms with Crippen molar-refractivity contribution in [2.75, 3.05) is 26.7 Å². The van der Waals surface area contributed by atoms with Gasteiger partial charge in [-0.2, -0.15) is 0 Å². The first kappa shape index (κ1) is 13.6. The van der Waals surface area contributed by atoms with Gasteiger partial charge in [0, 0.05) is 19.3 Å². The van der Waals surface area contributed by atoms with Crippen LogP contribution in [0.1, 0.15) is 32.9 Å². The van der Waals surface area contributed by atoms with E-state index in [1.54, 1.807) is 0 Å². The van der Waals surface area contributed by atoms with E-state index in [-0.39, 0.29) is 5.54 Å². The monoisotopic (exact) mass is 250 g/mol. The first-order chi connectivity index (χ1) is 8.56. The van der Waals surface area contributed by atoms with Gasteiger partial charge in [0.05, 0.1) is 17.6 Å². The Morgan fingerprint density at radius 2 is 2.28 bits per heavy atom. The summed E-state index contributed by atoms with van der Waals surface area (Å²) in [4.78, 5) is 6.86. The highest BCUT2D eigenvalue weighted by Gasteiger charge is 2.26. The molecule has 1 atom stereocenters. The average molecular weight is 250 g/mol. The van der Waals surface area contributed by atoms with Gasteiger partial charge in [0.1, 0.15) is 0 Å². The second-order valence-corrected chi connectivity index (χ2v) is 5.85. The minimum Gasteiger partial charge on any atom is -0.333 e. The molecule has 0 bridgehead atoms. The van der Waals surface area contributed by atoms with Crippen LogP contribution in [0.2, 0.25) is 0 Å². The van der Waals surface area contributed by atoms with Crippen molar-refractivity contribution < 1.29 is 0 Å². The highest BCUT2D eigenvalue weighted by Crippen LogP contribution is 2.23. The summed E-state index contributed by atoms with van der Waals surface area (Å²) in [5, 5.41) is 3.36. The van der Waals surface area contributed by atoms with Gasteiger partial charge in [0.2, 0.25) is 0 Å². The van der Waals surface area contributed by atoms with E-state index in [0.29, 0.717) is 0 Å². The van der Waals surface area contributed by atoms with E-state index in [0.717, 1.165) is 12.5 Å². The lowest BCUT2D eigenvalue weighted by atomic mass is 10.0. The van der Waals surface area contributed by atoms with Gasteiger partial charge in [-0.1, -0.05) is 6.92 Å². The molecule has 1 N–H and O–H groups in total. The molecule has 0 amide bonds. The summed E-state index contributed by atoms with van der Waals surface area (Å²) in [5.74, 6) is 0.769. The third-order valence-corrected chi connectivity index (χ3v) is 4.25. The summed E-state index contributed by atoms with van der Waals surface area (Å²) in [6, 6.07) is 0. The lowest BCUT2D eigenvalue weighted by molar-refractivity contribution is 0.326. The molecule has 1 unspecified atom stereocenters. The molecule has 0 saturated carbocycles. The molecule has 4 nitrogen and oxygen atoms in total. The number of nitrogens with one attached hydrogen (secondary N) is 1. The van der Waals surface area contributed by atoms with E-state index in [2.05, 4.69) is 40.5 Å². The summed E-state index contributed by atoms with van der Waals surface area (Å²) >= 11 is 0. The molecule has 1 saturated heterocycles. The molecule has 18 heavy (non-hydrogen) atoms. The van der Waals surface area contributed by atoms with E-state index >= 15 is 0 Å². The van der Waals surface area contributed by atoms with Gasteiger partial charge in [-0.05, 0) is 46.3 Å². The van der Waals surface area contributed by atoms with Gasteiger partial charge in [-0.15, -0.1) is 0 Å². The molecule has 4 heteroatoms. The standard InChI is InChI=1S/C14H26N4/c1-5-17-7-6-12(9-17)10-18-11-16-8-13(18)14(2,3)15-4/h8,11-12,15H,5-7,9-10H2,1-4H3. The Bertz CT molecular complexity index is 383. The maximum atomic E-state index is 4.33. The predicted molar refractivity (Wildman–Crippen MR) is 74.5 cm³/mol. The Labute approximate surface area is 110 Å². The third kappa shape index (κ3) is 2.75. The van der Waals surface area contributed by atoms with Crippen LogP contribution in [0.4, 0.5) is 0 Å². The average Bonchev–Trinajstić information content (AvgIpc) is 2.98. The number of likely N-dealkylation sites (tertiary alicyclic amines) is 1. The first-order valence-electron chi connectivity index (χ1n) is 6.98. The summed E-state index contributed by atoms with van der Waals surface area (Å²) in [6.45, 7) is 11.4. The van der Waals surface area contributed by atoms with Crippen molar-refractivity contribution in [2.45, 2.75) is 39.3 Å². The van der Waals surface area contributed by atoms with Gasteiger partial charge in [0.25, 0.3) is 0 Å². The van der Waals surface area contributed by atoms with Crippen LogP contribution < -0.4 is 5.32 Å². The second-order valence-electron chi connectivity index (χ2n) is 5.85. The van der Waals surface area contributed by atoms with Gasteiger partial charge >= 0.3 is 0 Å². The van der Waals surface area contributed by atoms with Crippen molar-refractivity contribution in [3.63, 3.8) is 0 Å². The Balaban J connectivity index is 2.05. The van der Waals surface area contributed by atoms with Crippen molar-refractivity contribution >= 4 is 0 Å². The zero-order valence-corrected chi connectivity index (χ0v) is 12.1. The zero-order chi connectivity index (χ0) is 13.2. The maximum Gasteiger partial charge on any atom is 0.0948 e. The van der Waals surface area contributed by atoms with Gasteiger partial charge in [-0.25, -0.2) is 4.98 Å².